The number of piperazine rings is 1. The minimum Gasteiger partial charge on any atom is -0.481 e. The fourth-order valence-electron chi connectivity index (χ4n) is 3.37. The van der Waals surface area contributed by atoms with E-state index >= 15 is 0 Å². The summed E-state index contributed by atoms with van der Waals surface area (Å²) < 4.78 is 27.2. The number of rotatable bonds is 6. The third-order valence-corrected chi connectivity index (χ3v) is 6.98. The highest BCUT2D eigenvalue weighted by molar-refractivity contribution is 7.89. The Morgan fingerprint density at radius 1 is 0.970 bits per heavy atom. The molecule has 1 fully saturated rings. The topological polar surface area (TPSA) is 145 Å². The Labute approximate surface area is 194 Å². The van der Waals surface area contributed by atoms with Gasteiger partial charge >= 0.3 is 0 Å². The number of aryl methyl sites for hydroxylation is 1. The zero-order chi connectivity index (χ0) is 24.6. The number of carbonyl (C=O) groups excluding carboxylic acids is 1. The van der Waals surface area contributed by atoms with E-state index in [-0.39, 0.29) is 29.7 Å². The molecule has 1 aliphatic rings. The number of carboxylic acid groups (broad SMARTS) is 1. The summed E-state index contributed by atoms with van der Waals surface area (Å²) in [5.74, 6) is -1.04. The Morgan fingerprint density at radius 2 is 1.45 bits per heavy atom. The second-order valence-electron chi connectivity index (χ2n) is 7.60. The summed E-state index contributed by atoms with van der Waals surface area (Å²) in [5, 5.41) is 14.8. The molecule has 178 valence electrons. The van der Waals surface area contributed by atoms with Crippen LogP contribution >= 0.6 is 0 Å². The minimum absolute atomic E-state index is 0.0504. The summed E-state index contributed by atoms with van der Waals surface area (Å²) >= 11 is 0. The number of aliphatic carboxylic acids is 1. The summed E-state index contributed by atoms with van der Waals surface area (Å²) in [7, 11) is -3.56. The van der Waals surface area contributed by atoms with Crippen molar-refractivity contribution in [2.24, 2.45) is 5.73 Å². The maximum Gasteiger partial charge on any atom is 0.300 e. The molecule has 0 bridgehead atoms. The summed E-state index contributed by atoms with van der Waals surface area (Å²) in [6.45, 7) is 4.36. The maximum atomic E-state index is 12.9. The van der Waals surface area contributed by atoms with Crippen LogP contribution in [0.25, 0.3) is 0 Å². The predicted molar refractivity (Wildman–Crippen MR) is 126 cm³/mol. The number of amidine groups is 1. The van der Waals surface area contributed by atoms with Crippen LogP contribution in [0, 0.1) is 5.41 Å². The van der Waals surface area contributed by atoms with E-state index in [0.29, 0.717) is 24.2 Å². The van der Waals surface area contributed by atoms with Crippen molar-refractivity contribution >= 4 is 27.7 Å². The lowest BCUT2D eigenvalue weighted by molar-refractivity contribution is -0.134. The normalized spacial score (nSPS) is 14.2. The molecule has 9 nitrogen and oxygen atoms in total. The zero-order valence-corrected chi connectivity index (χ0v) is 19.6. The van der Waals surface area contributed by atoms with Crippen molar-refractivity contribution in [1.29, 1.82) is 5.41 Å². The molecular weight excluding hydrogens is 444 g/mol. The molecule has 10 heteroatoms. The first-order valence-electron chi connectivity index (χ1n) is 10.6. The van der Waals surface area contributed by atoms with Crippen LogP contribution in [-0.2, 0) is 21.2 Å². The van der Waals surface area contributed by atoms with E-state index in [4.69, 9.17) is 21.0 Å². The average Bonchev–Trinajstić information content (AvgIpc) is 2.79. The van der Waals surface area contributed by atoms with Gasteiger partial charge in [0.2, 0.25) is 10.0 Å². The highest BCUT2D eigenvalue weighted by atomic mass is 32.2. The summed E-state index contributed by atoms with van der Waals surface area (Å²) in [4.78, 5) is 23.6. The molecule has 0 spiro atoms. The molecule has 1 aliphatic heterocycles. The van der Waals surface area contributed by atoms with Gasteiger partial charge in [-0.1, -0.05) is 37.6 Å². The maximum absolute atomic E-state index is 12.9. The van der Waals surface area contributed by atoms with Crippen LogP contribution in [0.15, 0.2) is 53.4 Å². The third-order valence-electron chi connectivity index (χ3n) is 5.07. The van der Waals surface area contributed by atoms with Gasteiger partial charge in [-0.3, -0.25) is 15.0 Å². The fraction of sp³-hybridized carbons (Fsp3) is 0.348. The summed E-state index contributed by atoms with van der Waals surface area (Å²) in [6, 6.07) is 13.6. The highest BCUT2D eigenvalue weighted by Crippen LogP contribution is 2.20. The number of nitrogens with two attached hydrogens (primary N) is 1. The number of carboxylic acids is 1. The largest absolute Gasteiger partial charge is 0.481 e. The molecule has 0 aliphatic carbocycles. The smallest absolute Gasteiger partial charge is 0.300 e. The van der Waals surface area contributed by atoms with Crippen LogP contribution in [0.4, 0.5) is 0 Å². The van der Waals surface area contributed by atoms with Crippen LogP contribution in [0.1, 0.15) is 41.8 Å². The molecule has 0 aromatic heterocycles. The van der Waals surface area contributed by atoms with E-state index in [2.05, 4.69) is 6.92 Å². The van der Waals surface area contributed by atoms with E-state index in [1.807, 2.05) is 12.1 Å². The zero-order valence-electron chi connectivity index (χ0n) is 18.8. The van der Waals surface area contributed by atoms with Gasteiger partial charge in [0.05, 0.1) is 4.90 Å². The van der Waals surface area contributed by atoms with Gasteiger partial charge in [0.1, 0.15) is 5.84 Å². The predicted octanol–water partition coefficient (Wildman–Crippen LogP) is 2.16. The standard InChI is InChI=1S/C21H26N4O3S.C2H4O2/c1-2-3-16-4-10-19(11-5-16)29(27,28)25-14-12-24(13-15-25)21(26)18-8-6-17(7-9-18)20(22)23;1-2(3)4/h4-11H,2-3,12-15H2,1H3,(H3,22,23);1H3,(H,3,4). The molecule has 2 aromatic rings. The van der Waals surface area contributed by atoms with Crippen LogP contribution in [0.5, 0.6) is 0 Å². The molecule has 2 aromatic carbocycles. The van der Waals surface area contributed by atoms with E-state index < -0.39 is 16.0 Å². The summed E-state index contributed by atoms with van der Waals surface area (Å²) in [6.07, 6.45) is 1.94. The molecule has 1 heterocycles. The molecule has 0 atom stereocenters. The van der Waals surface area contributed by atoms with Gasteiger partial charge in [0.25, 0.3) is 11.9 Å². The molecular formula is C23H30N4O5S. The SMILES string of the molecule is CC(=O)O.CCCc1ccc(S(=O)(=O)N2CCN(C(=O)c3ccc(C(=N)N)cc3)CC2)cc1. The van der Waals surface area contributed by atoms with Crippen LogP contribution in [0.2, 0.25) is 0 Å². The number of nitrogens with zero attached hydrogens (tertiary/aromatic N) is 2. The van der Waals surface area contributed by atoms with Crippen molar-refractivity contribution in [1.82, 2.24) is 9.21 Å². The lowest BCUT2D eigenvalue weighted by Gasteiger charge is -2.34. The van der Waals surface area contributed by atoms with Gasteiger partial charge in [-0.15, -0.1) is 0 Å². The fourth-order valence-corrected chi connectivity index (χ4v) is 4.79. The Kier molecular flexibility index (Phi) is 9.12. The van der Waals surface area contributed by atoms with Gasteiger partial charge in [0.15, 0.2) is 0 Å². The molecule has 1 amide bonds. The van der Waals surface area contributed by atoms with Crippen LogP contribution in [-0.4, -0.2) is 66.6 Å². The number of hydrogen-bond acceptors (Lipinski definition) is 5. The number of nitrogen functional groups attached to an aromatic ring is 1. The Balaban J connectivity index is 0.000000890. The van der Waals surface area contributed by atoms with Gasteiger partial charge in [-0.25, -0.2) is 8.42 Å². The quantitative estimate of drug-likeness (QED) is 0.432. The van der Waals surface area contributed by atoms with Crippen LogP contribution < -0.4 is 5.73 Å². The molecule has 3 rings (SSSR count). The van der Waals surface area contributed by atoms with E-state index in [1.165, 1.54) is 4.31 Å². The van der Waals surface area contributed by atoms with Crippen molar-refractivity contribution < 1.29 is 23.1 Å². The molecule has 4 N–H and O–H groups in total. The van der Waals surface area contributed by atoms with E-state index in [1.54, 1.807) is 41.3 Å². The first-order chi connectivity index (χ1) is 15.6. The molecule has 0 unspecified atom stereocenters. The Morgan fingerprint density at radius 3 is 1.91 bits per heavy atom. The second kappa shape index (κ2) is 11.6. The van der Waals surface area contributed by atoms with Gasteiger partial charge < -0.3 is 15.7 Å². The van der Waals surface area contributed by atoms with Gasteiger partial charge in [-0.05, 0) is 36.2 Å². The highest BCUT2D eigenvalue weighted by Gasteiger charge is 2.30. The molecule has 1 saturated heterocycles. The lowest BCUT2D eigenvalue weighted by atomic mass is 10.1. The van der Waals surface area contributed by atoms with Crippen molar-refractivity contribution in [3.8, 4) is 0 Å². The lowest BCUT2D eigenvalue weighted by Crippen LogP contribution is -2.50. The van der Waals surface area contributed by atoms with Gasteiger partial charge in [0, 0.05) is 44.2 Å². The van der Waals surface area contributed by atoms with E-state index in [9.17, 15) is 13.2 Å². The first kappa shape index (κ1) is 26.0. The first-order valence-corrected chi connectivity index (χ1v) is 12.0. The van der Waals surface area contributed by atoms with Crippen molar-refractivity contribution in [2.45, 2.75) is 31.6 Å². The number of sulfonamides is 1. The van der Waals surface area contributed by atoms with Crippen molar-refractivity contribution in [2.75, 3.05) is 26.2 Å². The molecule has 0 saturated carbocycles. The van der Waals surface area contributed by atoms with Crippen molar-refractivity contribution in [3.05, 3.63) is 65.2 Å². The third kappa shape index (κ3) is 7.13. The number of amides is 1. The Hall–Kier alpha value is -3.24. The van der Waals surface area contributed by atoms with E-state index in [0.717, 1.165) is 25.3 Å². The average molecular weight is 475 g/mol. The minimum atomic E-state index is -3.56. The molecule has 0 radical (unpaired) electrons. The number of hydrogen-bond donors (Lipinski definition) is 3. The monoisotopic (exact) mass is 474 g/mol. The van der Waals surface area contributed by atoms with Crippen molar-refractivity contribution in [3.63, 3.8) is 0 Å². The Bertz CT molecular complexity index is 1070. The number of carbonyl (C=O) groups is 2. The second-order valence-corrected chi connectivity index (χ2v) is 9.54. The van der Waals surface area contributed by atoms with Crippen LogP contribution in [0.3, 0.4) is 0 Å². The number of benzene rings is 2. The number of nitrogens with one attached hydrogen (secondary N) is 1. The van der Waals surface area contributed by atoms with Gasteiger partial charge in [-0.2, -0.15) is 4.31 Å². The summed E-state index contributed by atoms with van der Waals surface area (Å²) in [5.41, 5.74) is 7.61. The molecule has 33 heavy (non-hydrogen) atoms.